The normalized spacial score (nSPS) is 11.9. The summed E-state index contributed by atoms with van der Waals surface area (Å²) < 4.78 is 2.02. The second kappa shape index (κ2) is 9.05. The van der Waals surface area contributed by atoms with Gasteiger partial charge in [-0.15, -0.1) is 10.2 Å². The molecule has 1 amide bonds. The van der Waals surface area contributed by atoms with E-state index in [1.165, 1.54) is 18.7 Å². The van der Waals surface area contributed by atoms with Crippen LogP contribution >= 0.6 is 11.8 Å². The summed E-state index contributed by atoms with van der Waals surface area (Å²) in [5.41, 5.74) is 3.44. The van der Waals surface area contributed by atoms with Gasteiger partial charge in [-0.2, -0.15) is 0 Å². The van der Waals surface area contributed by atoms with E-state index in [-0.39, 0.29) is 16.9 Å². The third-order valence-corrected chi connectivity index (χ3v) is 5.60. The molecule has 1 aromatic heterocycles. The van der Waals surface area contributed by atoms with E-state index in [2.05, 4.69) is 21.6 Å². The second-order valence-electron chi connectivity index (χ2n) is 6.80. The topological polar surface area (TPSA) is 76.9 Å². The Hall–Kier alpha value is -2.93. The molecule has 0 unspecified atom stereocenters. The summed E-state index contributed by atoms with van der Waals surface area (Å²) in [5, 5.41) is 11.9. The molecule has 0 fully saturated rings. The van der Waals surface area contributed by atoms with Gasteiger partial charge >= 0.3 is 0 Å². The number of aryl methyl sites for hydroxylation is 1. The summed E-state index contributed by atoms with van der Waals surface area (Å²) in [6.07, 6.45) is 0. The first-order valence-corrected chi connectivity index (χ1v) is 10.4. The first kappa shape index (κ1) is 20.8. The van der Waals surface area contributed by atoms with Crippen LogP contribution in [0.25, 0.3) is 11.4 Å². The van der Waals surface area contributed by atoms with Crippen LogP contribution in [-0.2, 0) is 11.3 Å². The van der Waals surface area contributed by atoms with Gasteiger partial charge in [-0.3, -0.25) is 9.59 Å². The molecule has 6 nitrogen and oxygen atoms in total. The molecule has 3 rings (SSSR count). The molecular weight excluding hydrogens is 384 g/mol. The molecule has 0 radical (unpaired) electrons. The van der Waals surface area contributed by atoms with Crippen molar-refractivity contribution in [1.29, 1.82) is 0 Å². The van der Waals surface area contributed by atoms with Crippen molar-refractivity contribution < 1.29 is 9.59 Å². The highest BCUT2D eigenvalue weighted by atomic mass is 32.2. The maximum atomic E-state index is 12.6. The van der Waals surface area contributed by atoms with Gasteiger partial charge in [0.15, 0.2) is 16.8 Å². The number of anilines is 1. The maximum Gasteiger partial charge on any atom is 0.237 e. The number of benzene rings is 2. The monoisotopic (exact) mass is 408 g/mol. The number of hydrogen-bond donors (Lipinski definition) is 1. The summed E-state index contributed by atoms with van der Waals surface area (Å²) >= 11 is 1.37. The molecule has 0 aliphatic rings. The molecule has 0 bridgehead atoms. The zero-order valence-corrected chi connectivity index (χ0v) is 17.8. The van der Waals surface area contributed by atoms with E-state index in [0.29, 0.717) is 23.0 Å². The number of thioether (sulfide) groups is 1. The van der Waals surface area contributed by atoms with Crippen LogP contribution in [0.1, 0.15) is 36.7 Å². The molecule has 7 heteroatoms. The van der Waals surface area contributed by atoms with Crippen LogP contribution < -0.4 is 5.32 Å². The van der Waals surface area contributed by atoms with Gasteiger partial charge in [0, 0.05) is 23.4 Å². The SMILES string of the molecule is CCn1c(S[C@@H](C)C(=O)Nc2ccc(C(C)=O)cc2)nnc1-c1cccc(C)c1. The third kappa shape index (κ3) is 4.92. The van der Waals surface area contributed by atoms with Crippen LogP contribution in [0.4, 0.5) is 5.69 Å². The molecule has 2 aromatic carbocycles. The van der Waals surface area contributed by atoms with Crippen LogP contribution in [0.5, 0.6) is 0 Å². The van der Waals surface area contributed by atoms with E-state index in [4.69, 9.17) is 0 Å². The Balaban J connectivity index is 1.72. The molecule has 0 saturated carbocycles. The summed E-state index contributed by atoms with van der Waals surface area (Å²) in [5.74, 6) is 0.662. The summed E-state index contributed by atoms with van der Waals surface area (Å²) in [4.78, 5) is 24.0. The van der Waals surface area contributed by atoms with Crippen LogP contribution in [0, 0.1) is 6.92 Å². The first-order valence-electron chi connectivity index (χ1n) is 9.47. The molecule has 0 aliphatic heterocycles. The van der Waals surface area contributed by atoms with Gasteiger partial charge in [-0.05, 0) is 58.0 Å². The number of carbonyl (C=O) groups excluding carboxylic acids is 2. The minimum absolute atomic E-state index is 0.00452. The Morgan fingerprint density at radius 2 is 1.86 bits per heavy atom. The lowest BCUT2D eigenvalue weighted by Crippen LogP contribution is -2.23. The van der Waals surface area contributed by atoms with Gasteiger partial charge in [0.25, 0.3) is 0 Å². The van der Waals surface area contributed by atoms with Crippen LogP contribution in [0.3, 0.4) is 0 Å². The zero-order chi connectivity index (χ0) is 21.0. The highest BCUT2D eigenvalue weighted by molar-refractivity contribution is 8.00. The lowest BCUT2D eigenvalue weighted by Gasteiger charge is -2.13. The molecule has 29 heavy (non-hydrogen) atoms. The number of rotatable bonds is 7. The van der Waals surface area contributed by atoms with E-state index in [9.17, 15) is 9.59 Å². The molecule has 1 heterocycles. The largest absolute Gasteiger partial charge is 0.325 e. The minimum Gasteiger partial charge on any atom is -0.325 e. The lowest BCUT2D eigenvalue weighted by atomic mass is 10.1. The van der Waals surface area contributed by atoms with Crippen molar-refractivity contribution in [2.24, 2.45) is 0 Å². The van der Waals surface area contributed by atoms with Gasteiger partial charge < -0.3 is 9.88 Å². The molecule has 1 atom stereocenters. The number of hydrogen-bond acceptors (Lipinski definition) is 5. The van der Waals surface area contributed by atoms with Crippen molar-refractivity contribution in [3.8, 4) is 11.4 Å². The van der Waals surface area contributed by atoms with Crippen molar-refractivity contribution in [2.75, 3.05) is 5.32 Å². The van der Waals surface area contributed by atoms with Crippen molar-refractivity contribution in [1.82, 2.24) is 14.8 Å². The fourth-order valence-corrected chi connectivity index (χ4v) is 3.82. The van der Waals surface area contributed by atoms with E-state index in [1.807, 2.05) is 43.5 Å². The Labute approximate surface area is 174 Å². The number of ketones is 1. The first-order chi connectivity index (χ1) is 13.9. The molecule has 3 aromatic rings. The number of carbonyl (C=O) groups is 2. The molecular formula is C22H24N4O2S. The highest BCUT2D eigenvalue weighted by Crippen LogP contribution is 2.27. The van der Waals surface area contributed by atoms with Crippen LogP contribution in [-0.4, -0.2) is 31.7 Å². The molecule has 150 valence electrons. The summed E-state index contributed by atoms with van der Waals surface area (Å²) in [7, 11) is 0. The predicted octanol–water partition coefficient (Wildman–Crippen LogP) is 4.60. The number of aromatic nitrogens is 3. The maximum absolute atomic E-state index is 12.6. The summed E-state index contributed by atoms with van der Waals surface area (Å²) in [6, 6.07) is 15.0. The molecule has 0 saturated heterocycles. The Morgan fingerprint density at radius 1 is 1.14 bits per heavy atom. The number of nitrogens with zero attached hydrogens (tertiary/aromatic N) is 3. The summed E-state index contributed by atoms with van der Waals surface area (Å²) in [6.45, 7) is 8.14. The smallest absolute Gasteiger partial charge is 0.237 e. The predicted molar refractivity (Wildman–Crippen MR) is 116 cm³/mol. The fourth-order valence-electron chi connectivity index (χ4n) is 2.90. The van der Waals surface area contributed by atoms with Crippen molar-refractivity contribution >= 4 is 29.1 Å². The molecule has 1 N–H and O–H groups in total. The number of Topliss-reactive ketones (excluding diaryl/α,β-unsaturated/α-hetero) is 1. The highest BCUT2D eigenvalue weighted by Gasteiger charge is 2.20. The quantitative estimate of drug-likeness (QED) is 0.457. The average Bonchev–Trinajstić information content (AvgIpc) is 3.10. The number of amides is 1. The van der Waals surface area contributed by atoms with Gasteiger partial charge in [-0.1, -0.05) is 35.5 Å². The Kier molecular flexibility index (Phi) is 6.49. The zero-order valence-electron chi connectivity index (χ0n) is 17.0. The minimum atomic E-state index is -0.359. The van der Waals surface area contributed by atoms with Gasteiger partial charge in [-0.25, -0.2) is 0 Å². The standard InChI is InChI=1S/C22H24N4O2S/c1-5-26-20(18-8-6-7-14(2)13-18)24-25-22(26)29-16(4)21(28)23-19-11-9-17(10-12-19)15(3)27/h6-13,16H,5H2,1-4H3,(H,23,28)/t16-/m0/s1. The van der Waals surface area contributed by atoms with Crippen molar-refractivity contribution in [3.05, 3.63) is 59.7 Å². The number of nitrogens with one attached hydrogen (secondary N) is 1. The second-order valence-corrected chi connectivity index (χ2v) is 8.11. The Bertz CT molecular complexity index is 1030. The van der Waals surface area contributed by atoms with Crippen molar-refractivity contribution in [3.63, 3.8) is 0 Å². The van der Waals surface area contributed by atoms with Crippen molar-refractivity contribution in [2.45, 2.75) is 44.6 Å². The molecule has 0 aliphatic carbocycles. The van der Waals surface area contributed by atoms with Gasteiger partial charge in [0.1, 0.15) is 0 Å². The van der Waals surface area contributed by atoms with Gasteiger partial charge in [0.05, 0.1) is 5.25 Å². The van der Waals surface area contributed by atoms with Crippen LogP contribution in [0.15, 0.2) is 53.7 Å². The van der Waals surface area contributed by atoms with Gasteiger partial charge in [0.2, 0.25) is 5.91 Å². The third-order valence-electron chi connectivity index (χ3n) is 4.52. The van der Waals surface area contributed by atoms with Crippen LogP contribution in [0.2, 0.25) is 0 Å². The average molecular weight is 409 g/mol. The van der Waals surface area contributed by atoms with E-state index < -0.39 is 0 Å². The molecule has 0 spiro atoms. The Morgan fingerprint density at radius 3 is 2.48 bits per heavy atom. The van der Waals surface area contributed by atoms with E-state index in [0.717, 1.165) is 17.0 Å². The van der Waals surface area contributed by atoms with E-state index in [1.54, 1.807) is 24.3 Å². The van der Waals surface area contributed by atoms with E-state index >= 15 is 0 Å². The lowest BCUT2D eigenvalue weighted by molar-refractivity contribution is -0.115. The fraction of sp³-hybridized carbons (Fsp3) is 0.273.